The van der Waals surface area contributed by atoms with E-state index in [0.717, 1.165) is 42.5 Å². The second-order valence-electron chi connectivity index (χ2n) is 7.98. The summed E-state index contributed by atoms with van der Waals surface area (Å²) < 4.78 is 4.95. The summed E-state index contributed by atoms with van der Waals surface area (Å²) in [5, 5.41) is 20.5. The van der Waals surface area contributed by atoms with Crippen molar-refractivity contribution in [3.8, 4) is 0 Å². The molecule has 0 unspecified atom stereocenters. The molecule has 0 radical (unpaired) electrons. The molecule has 3 rings (SSSR count). The number of aryl methyl sites for hydroxylation is 2. The summed E-state index contributed by atoms with van der Waals surface area (Å²) in [5.41, 5.74) is 1.07. The lowest BCUT2D eigenvalue weighted by molar-refractivity contribution is 0.0439. The lowest BCUT2D eigenvalue weighted by Gasteiger charge is -2.23. The number of alkyl halides is 1. The Kier molecular flexibility index (Phi) is 9.50. The van der Waals surface area contributed by atoms with Gasteiger partial charge in [-0.1, -0.05) is 23.2 Å². The monoisotopic (exact) mass is 504 g/mol. The van der Waals surface area contributed by atoms with Gasteiger partial charge in [0.25, 0.3) is 0 Å². The van der Waals surface area contributed by atoms with Crippen LogP contribution < -0.4 is 0 Å². The van der Waals surface area contributed by atoms with E-state index in [9.17, 15) is 9.90 Å². The lowest BCUT2D eigenvalue weighted by atomic mass is 9.85. The zero-order valence-electron chi connectivity index (χ0n) is 17.1. The van der Waals surface area contributed by atoms with Crippen molar-refractivity contribution in [3.05, 3.63) is 55.7 Å². The third-order valence-corrected chi connectivity index (χ3v) is 7.88. The van der Waals surface area contributed by atoms with Gasteiger partial charge in [0.05, 0.1) is 12.7 Å². The highest BCUT2D eigenvalue weighted by Crippen LogP contribution is 2.42. The van der Waals surface area contributed by atoms with Crippen LogP contribution in [0.3, 0.4) is 0 Å². The van der Waals surface area contributed by atoms with E-state index in [1.54, 1.807) is 12.1 Å². The first-order valence-corrected chi connectivity index (χ1v) is 12.5. The van der Waals surface area contributed by atoms with Gasteiger partial charge in [-0.2, -0.15) is 0 Å². The minimum Gasteiger partial charge on any atom is -0.459 e. The Morgan fingerprint density at radius 2 is 1.84 bits per heavy atom. The molecule has 0 saturated heterocycles. The summed E-state index contributed by atoms with van der Waals surface area (Å²) in [6.45, 7) is -0.168. The zero-order chi connectivity index (χ0) is 22.4. The summed E-state index contributed by atoms with van der Waals surface area (Å²) in [5.74, 6) is -0.000825. The summed E-state index contributed by atoms with van der Waals surface area (Å²) in [6, 6.07) is 9.27. The van der Waals surface area contributed by atoms with Gasteiger partial charge in [0.15, 0.2) is 0 Å². The quantitative estimate of drug-likeness (QED) is 0.318. The number of benzene rings is 1. The molecule has 4 nitrogen and oxygen atoms in total. The van der Waals surface area contributed by atoms with E-state index >= 15 is 0 Å². The number of carbonyl (C=O) groups excluding carboxylic acids is 1. The van der Waals surface area contributed by atoms with Crippen LogP contribution in [-0.2, 0) is 17.6 Å². The smallest absolute Gasteiger partial charge is 0.348 e. The largest absolute Gasteiger partial charge is 0.459 e. The van der Waals surface area contributed by atoms with Crippen molar-refractivity contribution < 1.29 is 19.7 Å². The van der Waals surface area contributed by atoms with Crippen LogP contribution in [0.5, 0.6) is 0 Å². The third kappa shape index (κ3) is 7.08. The van der Waals surface area contributed by atoms with Crippen molar-refractivity contribution in [1.29, 1.82) is 0 Å². The fourth-order valence-corrected chi connectivity index (χ4v) is 6.38. The van der Waals surface area contributed by atoms with Crippen molar-refractivity contribution >= 4 is 52.1 Å². The molecule has 1 aliphatic carbocycles. The van der Waals surface area contributed by atoms with Crippen molar-refractivity contribution in [3.63, 3.8) is 0 Å². The van der Waals surface area contributed by atoms with Gasteiger partial charge in [-0.25, -0.2) is 4.79 Å². The van der Waals surface area contributed by atoms with Crippen LogP contribution in [0.25, 0.3) is 0 Å². The van der Waals surface area contributed by atoms with Crippen LogP contribution in [0.15, 0.2) is 30.3 Å². The molecule has 170 valence electrons. The zero-order valence-corrected chi connectivity index (χ0v) is 20.2. The predicted molar refractivity (Wildman–Crippen MR) is 127 cm³/mol. The highest BCUT2D eigenvalue weighted by molar-refractivity contribution is 7.13. The van der Waals surface area contributed by atoms with Crippen LogP contribution in [0, 0.1) is 11.8 Å². The highest BCUT2D eigenvalue weighted by Gasteiger charge is 2.40. The Labute approximate surface area is 202 Å². The molecule has 2 aromatic rings. The summed E-state index contributed by atoms with van der Waals surface area (Å²) in [4.78, 5) is 13.5. The van der Waals surface area contributed by atoms with E-state index in [-0.39, 0.29) is 30.4 Å². The fraction of sp³-hybridized carbons (Fsp3) is 0.522. The van der Waals surface area contributed by atoms with Crippen molar-refractivity contribution in [2.75, 3.05) is 13.2 Å². The lowest BCUT2D eigenvalue weighted by Crippen LogP contribution is -2.21. The van der Waals surface area contributed by atoms with E-state index in [2.05, 4.69) is 0 Å². The maximum atomic E-state index is 11.9. The number of thiophene rings is 1. The van der Waals surface area contributed by atoms with E-state index < -0.39 is 12.1 Å². The molecular formula is C23H27Cl3O4S. The number of ether oxygens (including phenoxy) is 1. The number of hydrogen-bond donors (Lipinski definition) is 2. The average Bonchev–Trinajstić information content (AvgIpc) is 3.28. The Bertz CT molecular complexity index is 852. The van der Waals surface area contributed by atoms with Crippen molar-refractivity contribution in [2.24, 2.45) is 11.8 Å². The van der Waals surface area contributed by atoms with Gasteiger partial charge in [-0.05, 0) is 86.3 Å². The molecule has 0 spiro atoms. The van der Waals surface area contributed by atoms with Crippen LogP contribution in [-0.4, -0.2) is 40.9 Å². The van der Waals surface area contributed by atoms with Gasteiger partial charge in [-0.15, -0.1) is 22.9 Å². The minimum absolute atomic E-state index is 0.00988. The molecule has 31 heavy (non-hydrogen) atoms. The Hall–Kier alpha value is -0.820. The van der Waals surface area contributed by atoms with Gasteiger partial charge in [-0.3, -0.25) is 0 Å². The molecule has 1 aliphatic rings. The van der Waals surface area contributed by atoms with E-state index in [1.165, 1.54) is 11.3 Å². The maximum Gasteiger partial charge on any atom is 0.348 e. The number of halogens is 3. The number of aliphatic hydroxyl groups is 2. The molecule has 1 aromatic heterocycles. The van der Waals surface area contributed by atoms with Gasteiger partial charge in [0.2, 0.25) is 0 Å². The summed E-state index contributed by atoms with van der Waals surface area (Å²) in [6.07, 6.45) is 4.58. The van der Waals surface area contributed by atoms with Crippen molar-refractivity contribution in [1.82, 2.24) is 0 Å². The number of hydrogen-bond acceptors (Lipinski definition) is 5. The number of aliphatic hydroxyl groups excluding tert-OH is 2. The van der Waals surface area contributed by atoms with Crippen LogP contribution in [0.4, 0.5) is 0 Å². The molecule has 0 bridgehead atoms. The maximum absolute atomic E-state index is 11.9. The molecule has 0 aliphatic heterocycles. The van der Waals surface area contributed by atoms with E-state index in [1.807, 2.05) is 18.2 Å². The normalized spacial score (nSPS) is 23.3. The number of esters is 1. The standard InChI is InChI=1S/C23H27Cl3O4S/c24-15-10-14(11-16(25)12-15)4-6-19-18(20(26)13-21(19)28)3-1-2-17-5-7-22(31-17)23(29)30-9-8-27/h5,7,10-12,18-21,27-28H,1-4,6,8-9,13H2/t18-,19-,20-,21-/m1/s1. The molecule has 4 atom stereocenters. The fourth-order valence-electron chi connectivity index (χ4n) is 4.37. The first-order chi connectivity index (χ1) is 14.9. The first kappa shape index (κ1) is 24.8. The van der Waals surface area contributed by atoms with Crippen LogP contribution in [0.1, 0.15) is 45.8 Å². The van der Waals surface area contributed by atoms with Gasteiger partial charge >= 0.3 is 5.97 Å². The summed E-state index contributed by atoms with van der Waals surface area (Å²) in [7, 11) is 0. The average molecular weight is 506 g/mol. The number of rotatable bonds is 10. The van der Waals surface area contributed by atoms with E-state index in [0.29, 0.717) is 21.3 Å². The Balaban J connectivity index is 1.52. The Morgan fingerprint density at radius 1 is 1.10 bits per heavy atom. The number of carbonyl (C=O) groups is 1. The minimum atomic E-state index is -0.397. The second-order valence-corrected chi connectivity index (χ2v) is 10.6. The van der Waals surface area contributed by atoms with Gasteiger partial charge < -0.3 is 14.9 Å². The molecule has 0 amide bonds. The molecular weight excluding hydrogens is 479 g/mol. The van der Waals surface area contributed by atoms with Crippen LogP contribution in [0.2, 0.25) is 10.0 Å². The highest BCUT2D eigenvalue weighted by atomic mass is 35.5. The predicted octanol–water partition coefficient (Wildman–Crippen LogP) is 5.76. The third-order valence-electron chi connectivity index (χ3n) is 5.81. The molecule has 1 fully saturated rings. The molecule has 1 heterocycles. The molecule has 1 saturated carbocycles. The topological polar surface area (TPSA) is 66.8 Å². The van der Waals surface area contributed by atoms with Gasteiger partial charge in [0.1, 0.15) is 11.5 Å². The van der Waals surface area contributed by atoms with Crippen LogP contribution >= 0.6 is 46.1 Å². The molecule has 8 heteroatoms. The van der Waals surface area contributed by atoms with Crippen molar-refractivity contribution in [2.45, 2.75) is 50.0 Å². The van der Waals surface area contributed by atoms with Gasteiger partial charge in [0, 0.05) is 20.3 Å². The first-order valence-electron chi connectivity index (χ1n) is 10.5. The second kappa shape index (κ2) is 11.9. The Morgan fingerprint density at radius 3 is 2.55 bits per heavy atom. The molecule has 1 aromatic carbocycles. The molecule has 2 N–H and O–H groups in total. The van der Waals surface area contributed by atoms with E-state index in [4.69, 9.17) is 44.6 Å². The SMILES string of the molecule is O=C(OCCO)c1ccc(CCC[C@@H]2[C@@H](CCc3cc(Cl)cc(Cl)c3)[C@H](O)C[C@H]2Cl)s1. The summed E-state index contributed by atoms with van der Waals surface area (Å²) >= 11 is 20.2.